The van der Waals surface area contributed by atoms with Crippen molar-refractivity contribution in [2.45, 2.75) is 18.5 Å². The van der Waals surface area contributed by atoms with Crippen molar-refractivity contribution in [2.75, 3.05) is 20.1 Å². The van der Waals surface area contributed by atoms with Crippen molar-refractivity contribution >= 4 is 6.29 Å². The molecule has 0 spiro atoms. The number of carbonyl (C=O) groups excluding carboxylic acids is 1. The number of hydrogen-bond donors (Lipinski definition) is 0. The Bertz CT molecular complexity index is 393. The second-order valence-electron chi connectivity index (χ2n) is 4.51. The minimum Gasteiger partial charge on any atom is -0.303 e. The van der Waals surface area contributed by atoms with Crippen molar-refractivity contribution in [3.63, 3.8) is 0 Å². The van der Waals surface area contributed by atoms with Crippen LogP contribution in [0.1, 0.15) is 28.8 Å². The van der Waals surface area contributed by atoms with E-state index >= 15 is 0 Å². The topological polar surface area (TPSA) is 20.3 Å². The molecular formula is C13H16FNO. The molecule has 2 nitrogen and oxygen atoms in total. The average molecular weight is 221 g/mol. The van der Waals surface area contributed by atoms with Gasteiger partial charge in [-0.1, -0.05) is 24.3 Å². The zero-order chi connectivity index (χ0) is 11.6. The number of benzene rings is 1. The molecule has 1 aliphatic rings. The van der Waals surface area contributed by atoms with Crippen molar-refractivity contribution in [1.82, 2.24) is 4.90 Å². The minimum atomic E-state index is -1.37. The summed E-state index contributed by atoms with van der Waals surface area (Å²) in [4.78, 5) is 12.9. The first-order valence-electron chi connectivity index (χ1n) is 5.58. The van der Waals surface area contributed by atoms with Crippen molar-refractivity contribution in [2.24, 2.45) is 0 Å². The molecule has 1 saturated heterocycles. The maximum Gasteiger partial charge on any atom is 0.150 e. The standard InChI is InChI=1S/C13H16FNO/c1-15-8-4-7-13(14,10-15)12-6-3-2-5-11(12)9-16/h2-3,5-6,9H,4,7-8,10H2,1H3. The summed E-state index contributed by atoms with van der Waals surface area (Å²) in [6.07, 6.45) is 2.08. The van der Waals surface area contributed by atoms with E-state index in [4.69, 9.17) is 0 Å². The van der Waals surface area contributed by atoms with Crippen LogP contribution in [0.15, 0.2) is 24.3 Å². The van der Waals surface area contributed by atoms with Crippen LogP contribution in [0.4, 0.5) is 4.39 Å². The highest BCUT2D eigenvalue weighted by Crippen LogP contribution is 2.36. The lowest BCUT2D eigenvalue weighted by atomic mass is 9.85. The fraction of sp³-hybridized carbons (Fsp3) is 0.462. The highest BCUT2D eigenvalue weighted by molar-refractivity contribution is 5.77. The number of likely N-dealkylation sites (tertiary alicyclic amines) is 1. The van der Waals surface area contributed by atoms with Gasteiger partial charge in [-0.05, 0) is 26.4 Å². The predicted octanol–water partition coefficient (Wildman–Crippen LogP) is 2.39. The largest absolute Gasteiger partial charge is 0.303 e. The van der Waals surface area contributed by atoms with Crippen LogP contribution in [0.25, 0.3) is 0 Å². The molecule has 86 valence electrons. The van der Waals surface area contributed by atoms with Gasteiger partial charge >= 0.3 is 0 Å². The molecular weight excluding hydrogens is 205 g/mol. The molecule has 16 heavy (non-hydrogen) atoms. The van der Waals surface area contributed by atoms with Gasteiger partial charge in [-0.15, -0.1) is 0 Å². The van der Waals surface area contributed by atoms with Gasteiger partial charge in [0.1, 0.15) is 12.0 Å². The molecule has 1 aromatic rings. The summed E-state index contributed by atoms with van der Waals surface area (Å²) in [5.74, 6) is 0. The second-order valence-corrected chi connectivity index (χ2v) is 4.51. The van der Waals surface area contributed by atoms with Gasteiger partial charge in [-0.2, -0.15) is 0 Å². The number of rotatable bonds is 2. The number of likely N-dealkylation sites (N-methyl/N-ethyl adjacent to an activating group) is 1. The Hall–Kier alpha value is -1.22. The third-order valence-electron chi connectivity index (χ3n) is 3.20. The van der Waals surface area contributed by atoms with Crippen LogP contribution in [-0.4, -0.2) is 31.3 Å². The van der Waals surface area contributed by atoms with Gasteiger partial charge in [0.2, 0.25) is 0 Å². The first-order valence-corrected chi connectivity index (χ1v) is 5.58. The molecule has 1 atom stereocenters. The quantitative estimate of drug-likeness (QED) is 0.715. The molecule has 0 bridgehead atoms. The van der Waals surface area contributed by atoms with Crippen LogP contribution >= 0.6 is 0 Å². The van der Waals surface area contributed by atoms with Crippen molar-refractivity contribution < 1.29 is 9.18 Å². The van der Waals surface area contributed by atoms with Crippen molar-refractivity contribution in [1.29, 1.82) is 0 Å². The monoisotopic (exact) mass is 221 g/mol. The molecule has 1 aliphatic heterocycles. The van der Waals surface area contributed by atoms with Crippen LogP contribution in [0, 0.1) is 0 Å². The lowest BCUT2D eigenvalue weighted by Crippen LogP contribution is -2.41. The maximum absolute atomic E-state index is 14.8. The molecule has 0 aromatic heterocycles. The van der Waals surface area contributed by atoms with Crippen molar-refractivity contribution in [3.8, 4) is 0 Å². The van der Waals surface area contributed by atoms with E-state index in [0.29, 0.717) is 24.1 Å². The van der Waals surface area contributed by atoms with E-state index in [-0.39, 0.29) is 0 Å². The number of piperidine rings is 1. The normalized spacial score (nSPS) is 26.6. The summed E-state index contributed by atoms with van der Waals surface area (Å²) in [7, 11) is 1.91. The first-order chi connectivity index (χ1) is 7.65. The Labute approximate surface area is 95.1 Å². The summed E-state index contributed by atoms with van der Waals surface area (Å²) in [5, 5.41) is 0. The van der Waals surface area contributed by atoms with E-state index in [0.717, 1.165) is 19.3 Å². The second kappa shape index (κ2) is 4.34. The van der Waals surface area contributed by atoms with Crippen LogP contribution in [0.3, 0.4) is 0 Å². The summed E-state index contributed by atoms with van der Waals surface area (Å²) >= 11 is 0. The van der Waals surface area contributed by atoms with Gasteiger partial charge < -0.3 is 4.90 Å². The van der Waals surface area contributed by atoms with E-state index in [1.54, 1.807) is 24.3 Å². The number of halogens is 1. The summed E-state index contributed by atoms with van der Waals surface area (Å²) in [6.45, 7) is 1.30. The van der Waals surface area contributed by atoms with Crippen LogP contribution < -0.4 is 0 Å². The predicted molar refractivity (Wildman–Crippen MR) is 61.3 cm³/mol. The van der Waals surface area contributed by atoms with Gasteiger partial charge in [0.15, 0.2) is 0 Å². The van der Waals surface area contributed by atoms with Gasteiger partial charge in [-0.3, -0.25) is 4.79 Å². The zero-order valence-corrected chi connectivity index (χ0v) is 9.45. The fourth-order valence-corrected chi connectivity index (χ4v) is 2.44. The zero-order valence-electron chi connectivity index (χ0n) is 9.45. The number of alkyl halides is 1. The summed E-state index contributed by atoms with van der Waals surface area (Å²) in [6, 6.07) is 6.96. The third-order valence-corrected chi connectivity index (χ3v) is 3.20. The van der Waals surface area contributed by atoms with E-state index in [9.17, 15) is 9.18 Å². The van der Waals surface area contributed by atoms with Crippen molar-refractivity contribution in [3.05, 3.63) is 35.4 Å². The number of nitrogens with zero attached hydrogens (tertiary/aromatic N) is 1. The molecule has 3 heteroatoms. The van der Waals surface area contributed by atoms with Crippen LogP contribution in [-0.2, 0) is 5.67 Å². The number of carbonyl (C=O) groups is 1. The molecule has 1 unspecified atom stereocenters. The van der Waals surface area contributed by atoms with Gasteiger partial charge in [-0.25, -0.2) is 4.39 Å². The Morgan fingerprint density at radius 2 is 2.19 bits per heavy atom. The molecule has 1 fully saturated rings. The van der Waals surface area contributed by atoms with Gasteiger partial charge in [0.25, 0.3) is 0 Å². The van der Waals surface area contributed by atoms with Gasteiger partial charge in [0.05, 0.1) is 0 Å². The highest BCUT2D eigenvalue weighted by atomic mass is 19.1. The average Bonchev–Trinajstić information content (AvgIpc) is 2.29. The fourth-order valence-electron chi connectivity index (χ4n) is 2.44. The Morgan fingerprint density at radius 1 is 1.44 bits per heavy atom. The Kier molecular flexibility index (Phi) is 3.06. The minimum absolute atomic E-state index is 0.373. The Morgan fingerprint density at radius 3 is 2.88 bits per heavy atom. The smallest absolute Gasteiger partial charge is 0.150 e. The molecule has 0 amide bonds. The molecule has 2 rings (SSSR count). The van der Waals surface area contributed by atoms with Crippen LogP contribution in [0.2, 0.25) is 0 Å². The van der Waals surface area contributed by atoms with Gasteiger partial charge in [0, 0.05) is 17.7 Å². The first kappa shape index (κ1) is 11.3. The molecule has 0 saturated carbocycles. The lowest BCUT2D eigenvalue weighted by Gasteiger charge is -2.36. The number of aldehydes is 1. The molecule has 0 radical (unpaired) electrons. The van der Waals surface area contributed by atoms with E-state index in [2.05, 4.69) is 0 Å². The highest BCUT2D eigenvalue weighted by Gasteiger charge is 2.37. The molecule has 1 aromatic carbocycles. The molecule has 0 N–H and O–H groups in total. The third kappa shape index (κ3) is 2.00. The van der Waals surface area contributed by atoms with E-state index in [1.165, 1.54) is 0 Å². The lowest BCUT2D eigenvalue weighted by molar-refractivity contribution is 0.0554. The van der Waals surface area contributed by atoms with E-state index in [1.807, 2.05) is 11.9 Å². The molecule has 1 heterocycles. The summed E-state index contributed by atoms with van der Waals surface area (Å²) < 4.78 is 14.8. The van der Waals surface area contributed by atoms with Crippen LogP contribution in [0.5, 0.6) is 0 Å². The summed E-state index contributed by atoms with van der Waals surface area (Å²) in [5.41, 5.74) is -0.360. The SMILES string of the molecule is CN1CCCC(F)(c2ccccc2C=O)C1. The number of hydrogen-bond acceptors (Lipinski definition) is 2. The Balaban J connectivity index is 2.37. The van der Waals surface area contributed by atoms with E-state index < -0.39 is 5.67 Å². The maximum atomic E-state index is 14.8. The molecule has 0 aliphatic carbocycles.